The minimum atomic E-state index is -0.568. The number of carbonyl (C=O) groups excluding carboxylic acids is 1. The highest BCUT2D eigenvalue weighted by atomic mass is 16.2. The highest BCUT2D eigenvalue weighted by Crippen LogP contribution is 2.38. The Morgan fingerprint density at radius 2 is 2.12 bits per heavy atom. The zero-order chi connectivity index (χ0) is 17.4. The van der Waals surface area contributed by atoms with Crippen LogP contribution < -0.4 is 11.2 Å². The summed E-state index contributed by atoms with van der Waals surface area (Å²) in [7, 11) is 0. The maximum atomic E-state index is 12.6. The van der Waals surface area contributed by atoms with Gasteiger partial charge in [-0.2, -0.15) is 0 Å². The maximum absolute atomic E-state index is 12.6. The second-order valence-corrected chi connectivity index (χ2v) is 6.76. The molecule has 4 rings (SSSR count). The molecule has 1 aliphatic carbocycles. The summed E-state index contributed by atoms with van der Waals surface area (Å²) < 4.78 is 3.04. The first kappa shape index (κ1) is 15.8. The number of hydrogen-bond acceptors (Lipinski definition) is 5. The van der Waals surface area contributed by atoms with E-state index < -0.39 is 11.2 Å². The molecule has 1 N–H and O–H groups in total. The molecule has 2 aromatic rings. The van der Waals surface area contributed by atoms with Crippen LogP contribution in [-0.4, -0.2) is 47.9 Å². The SMILES string of the molecule is O=C(Cn1ccc(=O)[nH]c1=O)N1CCC[C@H]1Cn1cc(C2CC2)nn1. The fourth-order valence-corrected chi connectivity index (χ4v) is 3.34. The van der Waals surface area contributed by atoms with Gasteiger partial charge in [0.25, 0.3) is 5.56 Å². The molecule has 9 heteroatoms. The van der Waals surface area contributed by atoms with Crippen LogP contribution in [0.5, 0.6) is 0 Å². The largest absolute Gasteiger partial charge is 0.336 e. The van der Waals surface area contributed by atoms with E-state index in [0.717, 1.165) is 18.5 Å². The Morgan fingerprint density at radius 1 is 1.28 bits per heavy atom. The van der Waals surface area contributed by atoms with E-state index in [-0.39, 0.29) is 18.5 Å². The molecule has 0 bridgehead atoms. The number of hydrogen-bond donors (Lipinski definition) is 1. The number of likely N-dealkylation sites (tertiary alicyclic amines) is 1. The number of amides is 1. The Morgan fingerprint density at radius 3 is 2.88 bits per heavy atom. The Labute approximate surface area is 143 Å². The summed E-state index contributed by atoms with van der Waals surface area (Å²) in [5, 5.41) is 8.38. The lowest BCUT2D eigenvalue weighted by Gasteiger charge is -2.24. The molecule has 0 radical (unpaired) electrons. The van der Waals surface area contributed by atoms with Gasteiger partial charge >= 0.3 is 5.69 Å². The van der Waals surface area contributed by atoms with Crippen LogP contribution >= 0.6 is 0 Å². The third-order valence-corrected chi connectivity index (χ3v) is 4.85. The smallest absolute Gasteiger partial charge is 0.328 e. The van der Waals surface area contributed by atoms with Gasteiger partial charge in [-0.3, -0.25) is 23.8 Å². The van der Waals surface area contributed by atoms with E-state index in [4.69, 9.17) is 0 Å². The van der Waals surface area contributed by atoms with Gasteiger partial charge in [-0.05, 0) is 25.7 Å². The van der Waals surface area contributed by atoms with Crippen molar-refractivity contribution in [1.29, 1.82) is 0 Å². The molecular weight excluding hydrogens is 324 g/mol. The summed E-state index contributed by atoms with van der Waals surface area (Å²) in [4.78, 5) is 39.4. The summed E-state index contributed by atoms with van der Waals surface area (Å²) in [6.45, 7) is 1.22. The molecule has 9 nitrogen and oxygen atoms in total. The van der Waals surface area contributed by atoms with Gasteiger partial charge < -0.3 is 4.90 Å². The van der Waals surface area contributed by atoms with Crippen molar-refractivity contribution in [2.45, 2.75) is 50.7 Å². The summed E-state index contributed by atoms with van der Waals surface area (Å²) in [6.07, 6.45) is 7.53. The normalized spacial score (nSPS) is 20.2. The van der Waals surface area contributed by atoms with Gasteiger partial charge in [-0.1, -0.05) is 5.21 Å². The highest BCUT2D eigenvalue weighted by Gasteiger charge is 2.31. The first-order chi connectivity index (χ1) is 12.1. The molecule has 2 fully saturated rings. The van der Waals surface area contributed by atoms with E-state index in [1.807, 2.05) is 10.9 Å². The van der Waals surface area contributed by atoms with Crippen molar-refractivity contribution in [2.75, 3.05) is 6.54 Å². The third-order valence-electron chi connectivity index (χ3n) is 4.85. The molecule has 0 aromatic carbocycles. The molecule has 0 spiro atoms. The highest BCUT2D eigenvalue weighted by molar-refractivity contribution is 5.76. The Kier molecular flexibility index (Phi) is 3.98. The Balaban J connectivity index is 1.43. The van der Waals surface area contributed by atoms with Crippen molar-refractivity contribution >= 4 is 5.91 Å². The molecular formula is C16H20N6O3. The lowest BCUT2D eigenvalue weighted by molar-refractivity contribution is -0.133. The number of carbonyl (C=O) groups is 1. The van der Waals surface area contributed by atoms with Gasteiger partial charge in [0.15, 0.2) is 0 Å². The van der Waals surface area contributed by atoms with Crippen LogP contribution in [0.15, 0.2) is 28.0 Å². The van der Waals surface area contributed by atoms with Gasteiger partial charge in [0, 0.05) is 30.9 Å². The van der Waals surface area contributed by atoms with E-state index in [1.165, 1.54) is 29.7 Å². The monoisotopic (exact) mass is 344 g/mol. The van der Waals surface area contributed by atoms with Gasteiger partial charge in [0.05, 0.1) is 18.3 Å². The van der Waals surface area contributed by atoms with E-state index in [0.29, 0.717) is 19.0 Å². The predicted octanol–water partition coefficient (Wildman–Crippen LogP) is -0.303. The Hall–Kier alpha value is -2.71. The molecule has 0 unspecified atom stereocenters. The summed E-state index contributed by atoms with van der Waals surface area (Å²) in [5.74, 6) is 0.432. The zero-order valence-corrected chi connectivity index (χ0v) is 13.8. The molecule has 2 aromatic heterocycles. The molecule has 2 aliphatic rings. The van der Waals surface area contributed by atoms with Crippen LogP contribution in [0.4, 0.5) is 0 Å². The second kappa shape index (κ2) is 6.30. The van der Waals surface area contributed by atoms with Crippen molar-refractivity contribution in [3.05, 3.63) is 45.0 Å². The summed E-state index contributed by atoms with van der Waals surface area (Å²) in [5.41, 5.74) is 0.00279. The molecule has 1 amide bonds. The standard InChI is InChI=1S/C16H20N6O3/c23-14-5-7-20(16(25)17-14)10-15(24)22-6-1-2-12(22)8-21-9-13(18-19-21)11-3-4-11/h5,7,9,11-12H,1-4,6,8,10H2,(H,17,23,25)/t12-/m0/s1. The molecule has 1 atom stereocenters. The first-order valence-corrected chi connectivity index (χ1v) is 8.59. The van der Waals surface area contributed by atoms with E-state index in [1.54, 1.807) is 4.90 Å². The molecule has 132 valence electrons. The quantitative estimate of drug-likeness (QED) is 0.801. The molecule has 25 heavy (non-hydrogen) atoms. The third kappa shape index (κ3) is 3.40. The minimum Gasteiger partial charge on any atom is -0.336 e. The molecule has 1 saturated heterocycles. The van der Waals surface area contributed by atoms with Crippen LogP contribution in [0.3, 0.4) is 0 Å². The summed E-state index contributed by atoms with van der Waals surface area (Å²) >= 11 is 0. The predicted molar refractivity (Wildman–Crippen MR) is 88.1 cm³/mol. The number of nitrogens with zero attached hydrogens (tertiary/aromatic N) is 5. The van der Waals surface area contributed by atoms with Crippen molar-refractivity contribution in [3.63, 3.8) is 0 Å². The minimum absolute atomic E-state index is 0.0553. The lowest BCUT2D eigenvalue weighted by Crippen LogP contribution is -2.42. The average Bonchev–Trinajstić information content (AvgIpc) is 3.15. The van der Waals surface area contributed by atoms with Crippen molar-refractivity contribution in [3.8, 4) is 0 Å². The maximum Gasteiger partial charge on any atom is 0.328 e. The van der Waals surface area contributed by atoms with Gasteiger partial charge in [-0.15, -0.1) is 5.10 Å². The number of H-pyrrole nitrogens is 1. The number of aromatic amines is 1. The molecule has 3 heterocycles. The molecule has 1 saturated carbocycles. The van der Waals surface area contributed by atoms with Crippen molar-refractivity contribution < 1.29 is 4.79 Å². The summed E-state index contributed by atoms with van der Waals surface area (Å²) in [6, 6.07) is 1.30. The van der Waals surface area contributed by atoms with E-state index in [9.17, 15) is 14.4 Å². The number of aromatic nitrogens is 5. The van der Waals surface area contributed by atoms with Gasteiger partial charge in [-0.25, -0.2) is 4.79 Å². The van der Waals surface area contributed by atoms with E-state index >= 15 is 0 Å². The van der Waals surface area contributed by atoms with E-state index in [2.05, 4.69) is 15.3 Å². The van der Waals surface area contributed by atoms with Crippen LogP contribution in [0.25, 0.3) is 0 Å². The number of nitrogens with one attached hydrogen (secondary N) is 1. The van der Waals surface area contributed by atoms with Gasteiger partial charge in [0.2, 0.25) is 5.91 Å². The number of rotatable bonds is 5. The van der Waals surface area contributed by atoms with Gasteiger partial charge in [0.1, 0.15) is 6.54 Å². The van der Waals surface area contributed by atoms with Crippen LogP contribution in [0.2, 0.25) is 0 Å². The second-order valence-electron chi connectivity index (χ2n) is 6.76. The van der Waals surface area contributed by atoms with Crippen LogP contribution in [-0.2, 0) is 17.9 Å². The Bertz CT molecular complexity index is 894. The van der Waals surface area contributed by atoms with Crippen LogP contribution in [0.1, 0.15) is 37.3 Å². The first-order valence-electron chi connectivity index (χ1n) is 8.59. The fraction of sp³-hybridized carbons (Fsp3) is 0.562. The molecule has 1 aliphatic heterocycles. The lowest BCUT2D eigenvalue weighted by atomic mass is 10.2. The van der Waals surface area contributed by atoms with Crippen LogP contribution in [0, 0.1) is 0 Å². The fourth-order valence-electron chi connectivity index (χ4n) is 3.34. The van der Waals surface area contributed by atoms with Crippen molar-refractivity contribution in [2.24, 2.45) is 0 Å². The zero-order valence-electron chi connectivity index (χ0n) is 13.8. The van der Waals surface area contributed by atoms with Crippen molar-refractivity contribution in [1.82, 2.24) is 29.4 Å². The topological polar surface area (TPSA) is 106 Å². The average molecular weight is 344 g/mol.